The summed E-state index contributed by atoms with van der Waals surface area (Å²) >= 11 is 0. The number of hydrogen-bond acceptors (Lipinski definition) is 12. The Morgan fingerprint density at radius 2 is 1.52 bits per heavy atom. The minimum Gasteiger partial charge on any atom is -0.497 e. The quantitative estimate of drug-likeness (QED) is 0.130. The van der Waals surface area contributed by atoms with E-state index >= 15 is 0 Å². The lowest BCUT2D eigenvalue weighted by Crippen LogP contribution is -2.50. The van der Waals surface area contributed by atoms with Crippen LogP contribution in [-0.2, 0) is 9.47 Å². The molecule has 0 radical (unpaired) electrons. The Bertz CT molecular complexity index is 2250. The molecule has 3 aromatic rings. The molecule has 16 heteroatoms. The van der Waals surface area contributed by atoms with Crippen LogP contribution in [0.1, 0.15) is 64.8 Å². The zero-order valence-electron chi connectivity index (χ0n) is 35.2. The van der Waals surface area contributed by atoms with Crippen LogP contribution < -0.4 is 38.8 Å². The highest BCUT2D eigenvalue weighted by molar-refractivity contribution is 6.07. The minimum atomic E-state index is -1.36. The van der Waals surface area contributed by atoms with E-state index in [1.807, 2.05) is 24.3 Å². The van der Waals surface area contributed by atoms with Crippen LogP contribution in [0.25, 0.3) is 5.57 Å². The van der Waals surface area contributed by atoms with E-state index in [9.17, 15) is 24.3 Å². The van der Waals surface area contributed by atoms with Gasteiger partial charge < -0.3 is 48.5 Å². The van der Waals surface area contributed by atoms with Crippen molar-refractivity contribution in [2.24, 2.45) is 5.41 Å². The fourth-order valence-corrected chi connectivity index (χ4v) is 8.14. The number of rotatable bonds is 14. The molecule has 4 amide bonds. The van der Waals surface area contributed by atoms with E-state index in [0.29, 0.717) is 38.0 Å². The van der Waals surface area contributed by atoms with Gasteiger partial charge in [0.15, 0.2) is 29.2 Å². The number of ether oxygens (including phenoxy) is 7. The number of allylic oxidation sites excluding steroid dienone is 1. The average molecular weight is 853 g/mol. The highest BCUT2D eigenvalue weighted by Crippen LogP contribution is 2.57. The van der Waals surface area contributed by atoms with E-state index in [4.69, 9.17) is 33.2 Å². The van der Waals surface area contributed by atoms with E-state index in [0.717, 1.165) is 28.9 Å². The van der Waals surface area contributed by atoms with Crippen LogP contribution in [0, 0.1) is 5.41 Å². The van der Waals surface area contributed by atoms with Gasteiger partial charge in [0, 0.05) is 37.8 Å². The van der Waals surface area contributed by atoms with E-state index in [1.54, 1.807) is 24.3 Å². The molecule has 16 nitrogen and oxygen atoms in total. The molecule has 7 rings (SSSR count). The summed E-state index contributed by atoms with van der Waals surface area (Å²) in [6.07, 6.45) is 5.56. The number of fused-ring (bicyclic) bond motifs is 3. The Hall–Kier alpha value is -6.68. The number of carbonyl (C=O) groups is 4. The maximum Gasteiger partial charge on any atom is 0.416 e. The van der Waals surface area contributed by atoms with Crippen molar-refractivity contribution >= 4 is 40.9 Å². The molecule has 3 aliphatic heterocycles. The van der Waals surface area contributed by atoms with E-state index in [1.165, 1.54) is 49.5 Å². The summed E-state index contributed by atoms with van der Waals surface area (Å²) in [6, 6.07) is 13.0. The molecule has 328 valence electrons. The number of nitrogens with one attached hydrogen (secondary N) is 1. The molecule has 0 bridgehead atoms. The Balaban J connectivity index is 1.10. The fraction of sp³-hybridized carbons (Fsp3) is 0.391. The van der Waals surface area contributed by atoms with Gasteiger partial charge in [0.25, 0.3) is 11.8 Å². The maximum absolute atomic E-state index is 14.0. The number of carbonyl (C=O) groups excluding carboxylic acids is 4. The second-order valence-corrected chi connectivity index (χ2v) is 15.4. The molecule has 0 aromatic heterocycles. The van der Waals surface area contributed by atoms with Gasteiger partial charge in [-0.1, -0.05) is 37.4 Å². The number of anilines is 2. The average Bonchev–Trinajstić information content (AvgIpc) is 3.96. The third-order valence-corrected chi connectivity index (χ3v) is 11.5. The van der Waals surface area contributed by atoms with Crippen LogP contribution in [-0.4, -0.2) is 107 Å². The second-order valence-electron chi connectivity index (χ2n) is 15.4. The van der Waals surface area contributed by atoms with Crippen molar-refractivity contribution in [1.29, 1.82) is 0 Å². The predicted molar refractivity (Wildman–Crippen MR) is 229 cm³/mol. The lowest BCUT2D eigenvalue weighted by Gasteiger charge is -2.31. The van der Waals surface area contributed by atoms with E-state index in [2.05, 4.69) is 18.5 Å². The summed E-state index contributed by atoms with van der Waals surface area (Å²) in [5.41, 5.74) is 2.39. The number of methoxy groups -OCH3 is 3. The number of nitrogens with zero attached hydrogens (tertiary/aromatic N) is 3. The summed E-state index contributed by atoms with van der Waals surface area (Å²) in [7, 11) is 4.48. The summed E-state index contributed by atoms with van der Waals surface area (Å²) in [4.78, 5) is 59.0. The molecular weight excluding hydrogens is 801 g/mol. The SMILES string of the molecule is C=CCOC(=O)N1CCC/C(c2cccc(OC)c2)=C\NC(=O)c2cc(OC)c(OCCCOc3cc4c(cc3OC)C(=O)N3CC5(CC5)C[C@H]3C(O)N4C(=O)OCC=C)cc21. The van der Waals surface area contributed by atoms with Gasteiger partial charge in [0.05, 0.1) is 63.1 Å². The van der Waals surface area contributed by atoms with Crippen LogP contribution in [0.15, 0.2) is 80.0 Å². The van der Waals surface area contributed by atoms with Crippen LogP contribution >= 0.6 is 0 Å². The van der Waals surface area contributed by atoms with Crippen LogP contribution in [0.4, 0.5) is 21.0 Å². The van der Waals surface area contributed by atoms with E-state index < -0.39 is 30.4 Å². The van der Waals surface area contributed by atoms with Gasteiger partial charge in [-0.2, -0.15) is 0 Å². The third-order valence-electron chi connectivity index (χ3n) is 11.5. The number of aliphatic hydroxyl groups is 1. The first-order valence-corrected chi connectivity index (χ1v) is 20.5. The normalized spacial score (nSPS) is 19.6. The fourth-order valence-electron chi connectivity index (χ4n) is 8.14. The first kappa shape index (κ1) is 43.4. The minimum absolute atomic E-state index is 0.0335. The van der Waals surface area contributed by atoms with Gasteiger partial charge >= 0.3 is 12.2 Å². The van der Waals surface area contributed by atoms with Crippen molar-refractivity contribution in [2.75, 3.05) is 70.6 Å². The van der Waals surface area contributed by atoms with Crippen molar-refractivity contribution in [3.63, 3.8) is 0 Å². The van der Waals surface area contributed by atoms with Crippen LogP contribution in [0.2, 0.25) is 0 Å². The summed E-state index contributed by atoms with van der Waals surface area (Å²) in [5.74, 6) is 0.870. The second kappa shape index (κ2) is 18.9. The van der Waals surface area contributed by atoms with Crippen LogP contribution in [0.3, 0.4) is 0 Å². The zero-order chi connectivity index (χ0) is 44.0. The maximum atomic E-state index is 14.0. The number of aliphatic hydroxyl groups excluding tert-OH is 1. The van der Waals surface area contributed by atoms with E-state index in [-0.39, 0.29) is 89.8 Å². The summed E-state index contributed by atoms with van der Waals surface area (Å²) in [5, 5.41) is 14.6. The van der Waals surface area contributed by atoms with Gasteiger partial charge in [-0.3, -0.25) is 14.5 Å². The lowest BCUT2D eigenvalue weighted by atomic mass is 10.0. The molecule has 1 unspecified atom stereocenters. The van der Waals surface area contributed by atoms with Gasteiger partial charge in [0.2, 0.25) is 0 Å². The van der Waals surface area contributed by atoms with Crippen LogP contribution in [0.5, 0.6) is 28.7 Å². The first-order chi connectivity index (χ1) is 30.0. The topological polar surface area (TPSA) is 175 Å². The van der Waals surface area contributed by atoms with Gasteiger partial charge in [-0.05, 0) is 72.9 Å². The molecule has 2 N–H and O–H groups in total. The molecule has 1 saturated carbocycles. The zero-order valence-corrected chi connectivity index (χ0v) is 35.2. The smallest absolute Gasteiger partial charge is 0.416 e. The lowest BCUT2D eigenvalue weighted by molar-refractivity contribution is 0.0496. The molecule has 1 aliphatic carbocycles. The van der Waals surface area contributed by atoms with Gasteiger partial charge in [-0.15, -0.1) is 0 Å². The molecule has 3 aromatic carbocycles. The Morgan fingerprint density at radius 1 is 0.855 bits per heavy atom. The number of amides is 4. The monoisotopic (exact) mass is 852 g/mol. The summed E-state index contributed by atoms with van der Waals surface area (Å²) in [6.45, 7) is 8.06. The molecule has 1 saturated heterocycles. The van der Waals surface area contributed by atoms with Crippen molar-refractivity contribution in [3.05, 3.63) is 96.7 Å². The highest BCUT2D eigenvalue weighted by atomic mass is 16.6. The molecule has 62 heavy (non-hydrogen) atoms. The highest BCUT2D eigenvalue weighted by Gasteiger charge is 2.58. The molecule has 2 atom stereocenters. The van der Waals surface area contributed by atoms with Crippen molar-refractivity contribution in [3.8, 4) is 28.7 Å². The molecule has 1 spiro atoms. The molecule has 4 aliphatic rings. The Kier molecular flexibility index (Phi) is 13.3. The van der Waals surface area contributed by atoms with Crippen molar-refractivity contribution < 1.29 is 57.4 Å². The molecule has 2 fully saturated rings. The van der Waals surface area contributed by atoms with Crippen molar-refractivity contribution in [2.45, 2.75) is 50.8 Å². The van der Waals surface area contributed by atoms with Crippen molar-refractivity contribution in [1.82, 2.24) is 10.2 Å². The summed E-state index contributed by atoms with van der Waals surface area (Å²) < 4.78 is 39.9. The standard InChI is InChI=1S/C46H52N4O12/c1-6-17-61-44(54)48-16-9-12-30(29-11-8-13-31(21-29)56-3)27-47-41(51)32-22-37(57-4)39(24-34(32)48)59-19-10-20-60-40-25-35-33(23-38(40)58-5)42(52)49-28-46(14-15-46)26-36(49)43(53)50(35)45(55)62-18-7-2/h6-8,11,13,21-25,27,36,43,53H,1-2,9-10,12,14-20,26,28H2,3-5H3,(H,47,51)/b30-27+/t36-,43?/m0/s1. The largest absolute Gasteiger partial charge is 0.497 e. The Morgan fingerprint density at radius 3 is 2.16 bits per heavy atom. The Labute approximate surface area is 360 Å². The molecule has 3 heterocycles. The molecular formula is C46H52N4O12. The predicted octanol–water partition coefficient (Wildman–Crippen LogP) is 6.71. The number of hydrogen-bond donors (Lipinski definition) is 2. The number of benzene rings is 3. The first-order valence-electron chi connectivity index (χ1n) is 20.5. The third kappa shape index (κ3) is 9.00. The van der Waals surface area contributed by atoms with Gasteiger partial charge in [0.1, 0.15) is 19.0 Å². The van der Waals surface area contributed by atoms with Gasteiger partial charge in [-0.25, -0.2) is 14.5 Å².